The third-order valence-electron chi connectivity index (χ3n) is 3.27. The normalized spacial score (nSPS) is 10.7. The van der Waals surface area contributed by atoms with E-state index >= 15 is 0 Å². The van der Waals surface area contributed by atoms with Crippen LogP contribution in [0.2, 0.25) is 0 Å². The van der Waals surface area contributed by atoms with Crippen LogP contribution in [0.5, 0.6) is 0 Å². The van der Waals surface area contributed by atoms with Gasteiger partial charge in [-0.05, 0) is 19.8 Å². The molecule has 1 N–H and O–H groups in total. The molecule has 0 spiro atoms. The minimum Gasteiger partial charge on any atom is -0.477 e. The maximum atomic E-state index is 11.4. The Morgan fingerprint density at radius 2 is 1.79 bits per heavy atom. The lowest BCUT2D eigenvalue weighted by molar-refractivity contribution is 0.0696. The van der Waals surface area contributed by atoms with Crippen molar-refractivity contribution in [3.05, 3.63) is 11.3 Å². The lowest BCUT2D eigenvalue weighted by Gasteiger charge is -2.25. The smallest absolute Gasteiger partial charge is 0.341 e. The van der Waals surface area contributed by atoms with Crippen LogP contribution >= 0.6 is 0 Å². The zero-order chi connectivity index (χ0) is 14.4. The monoisotopic (exact) mass is 267 g/mol. The van der Waals surface area contributed by atoms with Gasteiger partial charge in [-0.1, -0.05) is 26.7 Å². The first-order valence-corrected chi connectivity index (χ1v) is 7.04. The van der Waals surface area contributed by atoms with Crippen LogP contribution in [0.4, 0.5) is 5.82 Å². The van der Waals surface area contributed by atoms with Crippen LogP contribution in [-0.4, -0.2) is 33.9 Å². The quantitative estimate of drug-likeness (QED) is 0.787. The molecule has 108 valence electrons. The molecule has 0 saturated heterocycles. The van der Waals surface area contributed by atoms with Gasteiger partial charge in [-0.25, -0.2) is 4.79 Å². The topological polar surface area (TPSA) is 58.4 Å². The van der Waals surface area contributed by atoms with Gasteiger partial charge in [0.05, 0.1) is 5.69 Å². The lowest BCUT2D eigenvalue weighted by Crippen LogP contribution is -2.29. The van der Waals surface area contributed by atoms with E-state index in [-0.39, 0.29) is 0 Å². The van der Waals surface area contributed by atoms with Crippen LogP contribution in [-0.2, 0) is 7.05 Å². The van der Waals surface area contributed by atoms with Crippen molar-refractivity contribution >= 4 is 11.8 Å². The lowest BCUT2D eigenvalue weighted by atomic mass is 10.2. The molecule has 0 fully saturated rings. The SMILES string of the molecule is CCCCN(CCCC)c1c(C(=O)O)c(C)nn1C. The van der Waals surface area contributed by atoms with Gasteiger partial charge in [-0.2, -0.15) is 5.10 Å². The zero-order valence-corrected chi connectivity index (χ0v) is 12.4. The van der Waals surface area contributed by atoms with E-state index in [2.05, 4.69) is 23.8 Å². The van der Waals surface area contributed by atoms with Crippen LogP contribution in [0.1, 0.15) is 55.6 Å². The van der Waals surface area contributed by atoms with Crippen LogP contribution in [0.25, 0.3) is 0 Å². The Kier molecular flexibility index (Phi) is 5.86. The Morgan fingerprint density at radius 3 is 2.21 bits per heavy atom. The van der Waals surface area contributed by atoms with E-state index in [9.17, 15) is 9.90 Å². The van der Waals surface area contributed by atoms with Crippen molar-refractivity contribution in [2.24, 2.45) is 7.05 Å². The molecule has 0 unspecified atom stereocenters. The molecule has 1 heterocycles. The van der Waals surface area contributed by atoms with Gasteiger partial charge in [0.2, 0.25) is 0 Å². The Morgan fingerprint density at radius 1 is 1.26 bits per heavy atom. The molecule has 0 aliphatic rings. The summed E-state index contributed by atoms with van der Waals surface area (Å²) in [5.41, 5.74) is 0.928. The van der Waals surface area contributed by atoms with Crippen LogP contribution < -0.4 is 4.90 Å². The van der Waals surface area contributed by atoms with Crippen molar-refractivity contribution in [3.63, 3.8) is 0 Å². The molecule has 0 radical (unpaired) electrons. The summed E-state index contributed by atoms with van der Waals surface area (Å²) >= 11 is 0. The molecule has 1 aromatic heterocycles. The van der Waals surface area contributed by atoms with Crippen molar-refractivity contribution in [2.45, 2.75) is 46.5 Å². The number of hydrogen-bond donors (Lipinski definition) is 1. The summed E-state index contributed by atoms with van der Waals surface area (Å²) in [6.45, 7) is 7.81. The zero-order valence-electron chi connectivity index (χ0n) is 12.4. The van der Waals surface area contributed by atoms with Crippen LogP contribution in [0.15, 0.2) is 0 Å². The first-order valence-electron chi connectivity index (χ1n) is 7.04. The molecule has 1 aromatic rings. The van der Waals surface area contributed by atoms with Gasteiger partial charge in [0, 0.05) is 20.1 Å². The second kappa shape index (κ2) is 7.16. The van der Waals surface area contributed by atoms with Gasteiger partial charge < -0.3 is 10.0 Å². The molecule has 0 aliphatic carbocycles. The number of aromatic nitrogens is 2. The molecule has 19 heavy (non-hydrogen) atoms. The highest BCUT2D eigenvalue weighted by Gasteiger charge is 2.23. The number of aryl methyl sites for hydroxylation is 2. The number of carbonyl (C=O) groups is 1. The minimum absolute atomic E-state index is 0.342. The second-order valence-electron chi connectivity index (χ2n) is 4.91. The summed E-state index contributed by atoms with van der Waals surface area (Å²) in [5, 5.41) is 13.6. The average molecular weight is 267 g/mol. The van der Waals surface area contributed by atoms with Crippen molar-refractivity contribution in [2.75, 3.05) is 18.0 Å². The predicted molar refractivity (Wildman–Crippen MR) is 76.9 cm³/mol. The minimum atomic E-state index is -0.890. The number of aromatic carboxylic acids is 1. The van der Waals surface area contributed by atoms with Crippen molar-refractivity contribution in [1.82, 2.24) is 9.78 Å². The van der Waals surface area contributed by atoms with Gasteiger partial charge >= 0.3 is 5.97 Å². The van der Waals surface area contributed by atoms with E-state index in [1.807, 2.05) is 7.05 Å². The second-order valence-corrected chi connectivity index (χ2v) is 4.91. The third kappa shape index (κ3) is 3.72. The fraction of sp³-hybridized carbons (Fsp3) is 0.714. The highest BCUT2D eigenvalue weighted by Crippen LogP contribution is 2.24. The summed E-state index contributed by atoms with van der Waals surface area (Å²) in [6.07, 6.45) is 4.32. The fourth-order valence-electron chi connectivity index (χ4n) is 2.28. The molecular weight excluding hydrogens is 242 g/mol. The van der Waals surface area contributed by atoms with E-state index in [4.69, 9.17) is 0 Å². The van der Waals surface area contributed by atoms with Crippen molar-refractivity contribution in [3.8, 4) is 0 Å². The maximum absolute atomic E-state index is 11.4. The summed E-state index contributed by atoms with van der Waals surface area (Å²) in [5.74, 6) is -0.148. The number of rotatable bonds is 8. The van der Waals surface area contributed by atoms with Crippen molar-refractivity contribution < 1.29 is 9.90 Å². The Balaban J connectivity index is 3.09. The number of anilines is 1. The molecule has 0 atom stereocenters. The largest absolute Gasteiger partial charge is 0.477 e. The van der Waals surface area contributed by atoms with Gasteiger partial charge in [0.1, 0.15) is 11.4 Å². The number of carboxylic acids is 1. The number of hydrogen-bond acceptors (Lipinski definition) is 3. The van der Waals surface area contributed by atoms with E-state index in [0.717, 1.165) is 44.6 Å². The number of carboxylic acid groups (broad SMARTS) is 1. The average Bonchev–Trinajstić information content (AvgIpc) is 2.65. The van der Waals surface area contributed by atoms with Gasteiger partial charge in [-0.3, -0.25) is 4.68 Å². The van der Waals surface area contributed by atoms with Crippen LogP contribution in [0, 0.1) is 6.92 Å². The predicted octanol–water partition coefficient (Wildman–Crippen LogP) is 2.83. The Labute approximate surface area is 115 Å². The fourth-order valence-corrected chi connectivity index (χ4v) is 2.28. The molecule has 0 bridgehead atoms. The highest BCUT2D eigenvalue weighted by molar-refractivity contribution is 5.94. The third-order valence-corrected chi connectivity index (χ3v) is 3.27. The first-order chi connectivity index (χ1) is 9.02. The summed E-state index contributed by atoms with van der Waals surface area (Å²) in [4.78, 5) is 13.6. The molecule has 0 saturated carbocycles. The number of nitrogens with zero attached hydrogens (tertiary/aromatic N) is 3. The van der Waals surface area contributed by atoms with Gasteiger partial charge in [0.15, 0.2) is 0 Å². The molecule has 1 rings (SSSR count). The van der Waals surface area contributed by atoms with Gasteiger partial charge in [0.25, 0.3) is 0 Å². The van der Waals surface area contributed by atoms with Gasteiger partial charge in [-0.15, -0.1) is 0 Å². The van der Waals surface area contributed by atoms with Crippen LogP contribution in [0.3, 0.4) is 0 Å². The summed E-state index contributed by atoms with van der Waals surface area (Å²) in [7, 11) is 1.82. The summed E-state index contributed by atoms with van der Waals surface area (Å²) < 4.78 is 1.70. The van der Waals surface area contributed by atoms with Crippen molar-refractivity contribution in [1.29, 1.82) is 0 Å². The molecule has 0 aliphatic heterocycles. The molecule has 5 heteroatoms. The van der Waals surface area contributed by atoms with E-state index in [0.29, 0.717) is 11.3 Å². The standard InChI is InChI=1S/C14H25N3O2/c1-5-7-9-17(10-8-6-2)13-12(14(18)19)11(3)15-16(13)4/h5-10H2,1-4H3,(H,18,19). The first kappa shape index (κ1) is 15.5. The van der Waals surface area contributed by atoms with E-state index < -0.39 is 5.97 Å². The molecule has 0 aromatic carbocycles. The maximum Gasteiger partial charge on any atom is 0.341 e. The Bertz CT molecular complexity index is 419. The van der Waals surface area contributed by atoms with E-state index in [1.54, 1.807) is 11.6 Å². The molecule has 5 nitrogen and oxygen atoms in total. The summed E-state index contributed by atoms with van der Waals surface area (Å²) in [6, 6.07) is 0. The number of unbranched alkanes of at least 4 members (excludes halogenated alkanes) is 2. The Hall–Kier alpha value is -1.52. The highest BCUT2D eigenvalue weighted by atomic mass is 16.4. The molecular formula is C14H25N3O2. The van der Waals surface area contributed by atoms with E-state index in [1.165, 1.54) is 0 Å². The molecule has 0 amide bonds.